The predicted molar refractivity (Wildman–Crippen MR) is 87.8 cm³/mol. The number of rotatable bonds is 5. The highest BCUT2D eigenvalue weighted by atomic mass is 32.2. The van der Waals surface area contributed by atoms with Crippen LogP contribution >= 0.6 is 11.8 Å². The number of hydrogen-bond donors (Lipinski definition) is 4. The first-order valence-electron chi connectivity index (χ1n) is 6.79. The second kappa shape index (κ2) is 7.94. The van der Waals surface area contributed by atoms with Crippen molar-refractivity contribution in [1.82, 2.24) is 16.1 Å². The number of amides is 3. The SMILES string of the molecule is CCCC(NO)C(=O)NC(=O)NC1=N[C](SC)N=C2N=CN=C21. The second-order valence-electron chi connectivity index (χ2n) is 4.52. The van der Waals surface area contributed by atoms with E-state index < -0.39 is 18.0 Å². The molecule has 3 amide bonds. The highest BCUT2D eigenvalue weighted by Crippen LogP contribution is 2.23. The molecular formula is C12H16N7O3S. The minimum absolute atomic E-state index is 0.158. The van der Waals surface area contributed by atoms with Gasteiger partial charge < -0.3 is 5.21 Å². The third-order valence-corrected chi connectivity index (χ3v) is 3.46. The molecule has 2 rings (SSSR count). The summed E-state index contributed by atoms with van der Waals surface area (Å²) in [7, 11) is 0. The summed E-state index contributed by atoms with van der Waals surface area (Å²) in [4.78, 5) is 40.0. The molecule has 23 heavy (non-hydrogen) atoms. The van der Waals surface area contributed by atoms with Crippen molar-refractivity contribution in [2.45, 2.75) is 25.8 Å². The molecule has 1 atom stereocenters. The van der Waals surface area contributed by atoms with Crippen molar-refractivity contribution in [2.75, 3.05) is 6.26 Å². The van der Waals surface area contributed by atoms with Crippen LogP contribution in [0.25, 0.3) is 0 Å². The van der Waals surface area contributed by atoms with E-state index in [9.17, 15) is 9.59 Å². The van der Waals surface area contributed by atoms with Crippen LogP contribution in [0.5, 0.6) is 0 Å². The lowest BCUT2D eigenvalue weighted by Crippen LogP contribution is -2.51. The summed E-state index contributed by atoms with van der Waals surface area (Å²) in [5.74, 6) is -0.131. The zero-order valence-corrected chi connectivity index (χ0v) is 13.3. The van der Waals surface area contributed by atoms with Crippen LogP contribution in [0.2, 0.25) is 0 Å². The smallest absolute Gasteiger partial charge is 0.316 e. The lowest BCUT2D eigenvalue weighted by atomic mass is 10.2. The van der Waals surface area contributed by atoms with Crippen LogP contribution in [0.4, 0.5) is 4.79 Å². The molecule has 0 saturated heterocycles. The van der Waals surface area contributed by atoms with Gasteiger partial charge in [0, 0.05) is 0 Å². The van der Waals surface area contributed by atoms with Gasteiger partial charge in [0.2, 0.25) is 5.91 Å². The van der Waals surface area contributed by atoms with Gasteiger partial charge in [-0.2, -0.15) is 5.48 Å². The quantitative estimate of drug-likeness (QED) is 0.525. The van der Waals surface area contributed by atoms with E-state index in [1.54, 1.807) is 6.26 Å². The Labute approximate surface area is 136 Å². The van der Waals surface area contributed by atoms with Gasteiger partial charge in [-0.1, -0.05) is 13.3 Å². The highest BCUT2D eigenvalue weighted by molar-refractivity contribution is 8.01. The van der Waals surface area contributed by atoms with Crippen LogP contribution in [0, 0.1) is 5.50 Å². The van der Waals surface area contributed by atoms with Crippen LogP contribution in [-0.4, -0.2) is 53.2 Å². The number of hydroxylamine groups is 1. The van der Waals surface area contributed by atoms with Gasteiger partial charge in [0.05, 0.1) is 0 Å². The fourth-order valence-corrected chi connectivity index (χ4v) is 2.19. The van der Waals surface area contributed by atoms with Crippen LogP contribution < -0.4 is 16.1 Å². The number of thioether (sulfide) groups is 1. The maximum atomic E-state index is 11.9. The highest BCUT2D eigenvalue weighted by Gasteiger charge is 2.28. The minimum Gasteiger partial charge on any atom is -0.316 e. The Bertz CT molecular complexity index is 614. The van der Waals surface area contributed by atoms with Crippen LogP contribution in [0.15, 0.2) is 20.0 Å². The van der Waals surface area contributed by atoms with Gasteiger partial charge in [-0.15, -0.1) is 11.8 Å². The zero-order valence-electron chi connectivity index (χ0n) is 12.5. The Balaban J connectivity index is 2.00. The Kier molecular flexibility index (Phi) is 5.96. The summed E-state index contributed by atoms with van der Waals surface area (Å²) >= 11 is 1.29. The lowest BCUT2D eigenvalue weighted by Gasteiger charge is -2.17. The first-order chi connectivity index (χ1) is 11.1. The van der Waals surface area contributed by atoms with Crippen molar-refractivity contribution < 1.29 is 14.8 Å². The molecule has 0 fully saturated rings. The van der Waals surface area contributed by atoms with Crippen molar-refractivity contribution in [2.24, 2.45) is 20.0 Å². The van der Waals surface area contributed by atoms with Crippen LogP contribution in [0.1, 0.15) is 19.8 Å². The van der Waals surface area contributed by atoms with E-state index in [1.165, 1.54) is 18.1 Å². The molecule has 0 aromatic heterocycles. The number of fused-ring (bicyclic) bond motifs is 1. The molecule has 2 aliphatic heterocycles. The van der Waals surface area contributed by atoms with Crippen molar-refractivity contribution in [3.8, 4) is 0 Å². The maximum Gasteiger partial charge on any atom is 0.327 e. The van der Waals surface area contributed by atoms with E-state index in [-0.39, 0.29) is 5.84 Å². The summed E-state index contributed by atoms with van der Waals surface area (Å²) in [6.45, 7) is 1.85. The summed E-state index contributed by atoms with van der Waals surface area (Å²) in [6, 6.07) is -1.64. The standard InChI is InChI=1S/C12H16N7O3S/c1-3-4-6(19-22)10(20)18-11(21)15-9-7-8(14-5-13-7)16-12(17-9)23-2/h5-6,19,22H,3-4H2,1-2H3,(H2,15,17,18,20,21). The van der Waals surface area contributed by atoms with Crippen molar-refractivity contribution in [1.29, 1.82) is 0 Å². The fraction of sp³-hybridized carbons (Fsp3) is 0.417. The minimum atomic E-state index is -0.864. The molecule has 0 aliphatic carbocycles. The molecule has 4 N–H and O–H groups in total. The number of carbonyl (C=O) groups excluding carboxylic acids is 2. The first-order valence-corrected chi connectivity index (χ1v) is 8.02. The second-order valence-corrected chi connectivity index (χ2v) is 5.29. The van der Waals surface area contributed by atoms with Gasteiger partial charge >= 0.3 is 6.03 Å². The summed E-state index contributed by atoms with van der Waals surface area (Å²) in [5, 5.41) is 13.5. The molecule has 0 spiro atoms. The Morgan fingerprint density at radius 3 is 2.83 bits per heavy atom. The summed E-state index contributed by atoms with van der Waals surface area (Å²) < 4.78 is 0. The Morgan fingerprint density at radius 2 is 2.17 bits per heavy atom. The molecule has 123 valence electrons. The van der Waals surface area contributed by atoms with Gasteiger partial charge in [0.1, 0.15) is 12.4 Å². The third kappa shape index (κ3) is 4.21. The number of nitrogens with zero attached hydrogens (tertiary/aromatic N) is 4. The van der Waals surface area contributed by atoms with E-state index in [2.05, 4.69) is 30.6 Å². The monoisotopic (exact) mass is 338 g/mol. The Hall–Kier alpha value is -2.11. The zero-order chi connectivity index (χ0) is 16.8. The number of amidine groups is 2. The number of urea groups is 1. The predicted octanol–water partition coefficient (Wildman–Crippen LogP) is 0.0632. The van der Waals surface area contributed by atoms with Gasteiger partial charge in [-0.3, -0.25) is 15.4 Å². The van der Waals surface area contributed by atoms with Gasteiger partial charge in [0.25, 0.3) is 5.50 Å². The average Bonchev–Trinajstić information content (AvgIpc) is 3.00. The Morgan fingerprint density at radius 1 is 1.39 bits per heavy atom. The third-order valence-electron chi connectivity index (χ3n) is 2.91. The first kappa shape index (κ1) is 17.2. The molecule has 0 aromatic carbocycles. The van der Waals surface area contributed by atoms with Crippen LogP contribution in [-0.2, 0) is 4.79 Å². The lowest BCUT2D eigenvalue weighted by molar-refractivity contribution is -0.124. The number of aliphatic imine (C=N–C) groups is 4. The van der Waals surface area contributed by atoms with Gasteiger partial charge in [-0.05, 0) is 12.7 Å². The molecule has 1 radical (unpaired) electrons. The van der Waals surface area contributed by atoms with E-state index >= 15 is 0 Å². The van der Waals surface area contributed by atoms with E-state index in [1.807, 2.05) is 12.4 Å². The topological polar surface area (TPSA) is 140 Å². The molecule has 2 heterocycles. The fourth-order valence-electron chi connectivity index (χ4n) is 1.83. The summed E-state index contributed by atoms with van der Waals surface area (Å²) in [6.07, 6.45) is 4.15. The molecule has 0 bridgehead atoms. The number of hydrogen-bond acceptors (Lipinski definition) is 9. The van der Waals surface area contributed by atoms with Gasteiger partial charge in [-0.25, -0.2) is 24.8 Å². The molecule has 0 aromatic rings. The molecule has 1 unspecified atom stereocenters. The van der Waals surface area contributed by atoms with Crippen LogP contribution in [0.3, 0.4) is 0 Å². The molecular weight excluding hydrogens is 322 g/mol. The normalized spacial score (nSPS) is 17.8. The number of carbonyl (C=O) groups is 2. The largest absolute Gasteiger partial charge is 0.327 e. The number of nitrogens with one attached hydrogen (secondary N) is 3. The van der Waals surface area contributed by atoms with E-state index in [4.69, 9.17) is 5.21 Å². The van der Waals surface area contributed by atoms with Crippen molar-refractivity contribution >= 4 is 47.4 Å². The van der Waals surface area contributed by atoms with Crippen molar-refractivity contribution in [3.63, 3.8) is 0 Å². The molecule has 2 aliphatic rings. The number of imide groups is 1. The van der Waals surface area contributed by atoms with Gasteiger partial charge in [0.15, 0.2) is 17.4 Å². The summed E-state index contributed by atoms with van der Waals surface area (Å²) in [5.41, 5.74) is 2.62. The molecule has 0 saturated carbocycles. The van der Waals surface area contributed by atoms with Crippen molar-refractivity contribution in [3.05, 3.63) is 5.50 Å². The van der Waals surface area contributed by atoms with E-state index in [0.29, 0.717) is 29.9 Å². The maximum absolute atomic E-state index is 11.9. The average molecular weight is 338 g/mol. The molecule has 10 nitrogen and oxygen atoms in total. The molecule has 11 heteroatoms. The van der Waals surface area contributed by atoms with E-state index in [0.717, 1.165) is 0 Å².